The zero-order chi connectivity index (χ0) is 11.5. The SMILES string of the molecule is CC[C@H](O)CC[C@@]1(C)CCC(C)=C[C@@H]1C. The molecule has 0 fully saturated rings. The van der Waals surface area contributed by atoms with Crippen LogP contribution in [0.4, 0.5) is 0 Å². The Morgan fingerprint density at radius 2 is 2.27 bits per heavy atom. The van der Waals surface area contributed by atoms with Gasteiger partial charge in [0, 0.05) is 0 Å². The van der Waals surface area contributed by atoms with E-state index in [-0.39, 0.29) is 6.10 Å². The summed E-state index contributed by atoms with van der Waals surface area (Å²) in [6.45, 7) is 8.99. The molecule has 0 aliphatic heterocycles. The molecule has 15 heavy (non-hydrogen) atoms. The normalized spacial score (nSPS) is 33.7. The minimum Gasteiger partial charge on any atom is -0.393 e. The van der Waals surface area contributed by atoms with Crippen LogP contribution in [0.5, 0.6) is 0 Å². The van der Waals surface area contributed by atoms with Crippen LogP contribution in [-0.4, -0.2) is 11.2 Å². The van der Waals surface area contributed by atoms with E-state index in [2.05, 4.69) is 33.8 Å². The van der Waals surface area contributed by atoms with Crippen molar-refractivity contribution >= 4 is 0 Å². The summed E-state index contributed by atoms with van der Waals surface area (Å²) in [6.07, 6.45) is 7.86. The lowest BCUT2D eigenvalue weighted by Gasteiger charge is -2.38. The first-order chi connectivity index (χ1) is 6.98. The average Bonchev–Trinajstić information content (AvgIpc) is 2.21. The Bertz CT molecular complexity index is 231. The Labute approximate surface area is 94.6 Å². The van der Waals surface area contributed by atoms with Crippen LogP contribution in [0.2, 0.25) is 0 Å². The summed E-state index contributed by atoms with van der Waals surface area (Å²) < 4.78 is 0. The van der Waals surface area contributed by atoms with Crippen LogP contribution in [0.15, 0.2) is 11.6 Å². The summed E-state index contributed by atoms with van der Waals surface area (Å²) in [4.78, 5) is 0. The molecular weight excluding hydrogens is 184 g/mol. The van der Waals surface area contributed by atoms with E-state index < -0.39 is 0 Å². The van der Waals surface area contributed by atoms with Gasteiger partial charge in [0.2, 0.25) is 0 Å². The average molecular weight is 210 g/mol. The fourth-order valence-electron chi connectivity index (χ4n) is 2.47. The molecular formula is C14H26O. The molecule has 1 heteroatoms. The number of hydrogen-bond donors (Lipinski definition) is 1. The minimum atomic E-state index is -0.0963. The maximum Gasteiger partial charge on any atom is 0.0537 e. The molecule has 1 rings (SSSR count). The van der Waals surface area contributed by atoms with Crippen molar-refractivity contribution in [1.82, 2.24) is 0 Å². The first-order valence-electron chi connectivity index (χ1n) is 6.33. The zero-order valence-corrected chi connectivity index (χ0v) is 10.7. The van der Waals surface area contributed by atoms with Crippen molar-refractivity contribution in [2.75, 3.05) is 0 Å². The third-order valence-corrected chi connectivity index (χ3v) is 4.24. The minimum absolute atomic E-state index is 0.0963. The molecule has 0 radical (unpaired) electrons. The van der Waals surface area contributed by atoms with Crippen molar-refractivity contribution in [3.05, 3.63) is 11.6 Å². The van der Waals surface area contributed by atoms with Crippen LogP contribution in [0.1, 0.15) is 59.8 Å². The maximum absolute atomic E-state index is 9.63. The van der Waals surface area contributed by atoms with E-state index in [4.69, 9.17) is 0 Å². The third-order valence-electron chi connectivity index (χ3n) is 4.24. The number of aliphatic hydroxyl groups excluding tert-OH is 1. The van der Waals surface area contributed by atoms with Gasteiger partial charge < -0.3 is 5.11 Å². The molecule has 0 heterocycles. The van der Waals surface area contributed by atoms with Gasteiger partial charge in [0.05, 0.1) is 6.10 Å². The molecule has 3 atom stereocenters. The van der Waals surface area contributed by atoms with Crippen LogP contribution < -0.4 is 0 Å². The van der Waals surface area contributed by atoms with Crippen molar-refractivity contribution < 1.29 is 5.11 Å². The molecule has 1 aliphatic rings. The van der Waals surface area contributed by atoms with Crippen molar-refractivity contribution in [3.8, 4) is 0 Å². The quantitative estimate of drug-likeness (QED) is 0.697. The lowest BCUT2D eigenvalue weighted by molar-refractivity contribution is 0.112. The van der Waals surface area contributed by atoms with Gasteiger partial charge in [0.15, 0.2) is 0 Å². The van der Waals surface area contributed by atoms with E-state index in [1.54, 1.807) is 0 Å². The van der Waals surface area contributed by atoms with Gasteiger partial charge >= 0.3 is 0 Å². The van der Waals surface area contributed by atoms with Crippen molar-refractivity contribution in [1.29, 1.82) is 0 Å². The summed E-state index contributed by atoms with van der Waals surface area (Å²) in [5, 5.41) is 9.63. The van der Waals surface area contributed by atoms with Gasteiger partial charge in [-0.3, -0.25) is 0 Å². The predicted octanol–water partition coefficient (Wildman–Crippen LogP) is 3.92. The van der Waals surface area contributed by atoms with E-state index in [1.807, 2.05) is 0 Å². The molecule has 0 aromatic rings. The zero-order valence-electron chi connectivity index (χ0n) is 10.7. The summed E-state index contributed by atoms with van der Waals surface area (Å²) in [5.41, 5.74) is 1.95. The van der Waals surface area contributed by atoms with Gasteiger partial charge in [-0.2, -0.15) is 0 Å². The molecule has 0 saturated heterocycles. The highest BCUT2D eigenvalue weighted by molar-refractivity contribution is 5.09. The predicted molar refractivity (Wildman–Crippen MR) is 65.8 cm³/mol. The molecule has 0 amide bonds. The van der Waals surface area contributed by atoms with Crippen LogP contribution in [0, 0.1) is 11.3 Å². The largest absolute Gasteiger partial charge is 0.393 e. The first kappa shape index (κ1) is 12.8. The van der Waals surface area contributed by atoms with E-state index in [9.17, 15) is 5.11 Å². The van der Waals surface area contributed by atoms with E-state index >= 15 is 0 Å². The summed E-state index contributed by atoms with van der Waals surface area (Å²) >= 11 is 0. The monoisotopic (exact) mass is 210 g/mol. The second-order valence-electron chi connectivity index (χ2n) is 5.56. The number of rotatable bonds is 4. The smallest absolute Gasteiger partial charge is 0.0537 e. The Hall–Kier alpha value is -0.300. The molecule has 0 unspecified atom stereocenters. The second kappa shape index (κ2) is 5.16. The van der Waals surface area contributed by atoms with Gasteiger partial charge in [-0.25, -0.2) is 0 Å². The lowest BCUT2D eigenvalue weighted by Crippen LogP contribution is -2.28. The van der Waals surface area contributed by atoms with Gasteiger partial charge in [0.1, 0.15) is 0 Å². The molecule has 0 spiro atoms. The lowest BCUT2D eigenvalue weighted by atomic mass is 9.67. The van der Waals surface area contributed by atoms with E-state index in [0.717, 1.165) is 19.3 Å². The Morgan fingerprint density at radius 3 is 2.80 bits per heavy atom. The van der Waals surface area contributed by atoms with Crippen LogP contribution >= 0.6 is 0 Å². The molecule has 0 aromatic carbocycles. The highest BCUT2D eigenvalue weighted by Gasteiger charge is 2.32. The topological polar surface area (TPSA) is 20.2 Å². The second-order valence-corrected chi connectivity index (χ2v) is 5.56. The summed E-state index contributed by atoms with van der Waals surface area (Å²) in [5.74, 6) is 0.662. The standard InChI is InChI=1S/C14H26O/c1-5-13(15)7-9-14(4)8-6-11(2)10-12(14)3/h10,12-13,15H,5-9H2,1-4H3/t12-,13-,14+/m0/s1. The van der Waals surface area contributed by atoms with E-state index in [1.165, 1.54) is 18.4 Å². The van der Waals surface area contributed by atoms with Crippen LogP contribution in [0.25, 0.3) is 0 Å². The molecule has 1 aliphatic carbocycles. The van der Waals surface area contributed by atoms with Crippen LogP contribution in [0.3, 0.4) is 0 Å². The molecule has 1 nitrogen and oxygen atoms in total. The fourth-order valence-corrected chi connectivity index (χ4v) is 2.47. The molecule has 0 aromatic heterocycles. The Balaban J connectivity index is 2.52. The Morgan fingerprint density at radius 1 is 1.60 bits per heavy atom. The number of hydrogen-bond acceptors (Lipinski definition) is 1. The first-order valence-corrected chi connectivity index (χ1v) is 6.33. The van der Waals surface area contributed by atoms with E-state index in [0.29, 0.717) is 11.3 Å². The van der Waals surface area contributed by atoms with Gasteiger partial charge in [-0.1, -0.05) is 32.4 Å². The molecule has 1 N–H and O–H groups in total. The highest BCUT2D eigenvalue weighted by atomic mass is 16.3. The Kier molecular flexibility index (Phi) is 4.39. The van der Waals surface area contributed by atoms with Crippen molar-refractivity contribution in [2.45, 2.75) is 65.9 Å². The van der Waals surface area contributed by atoms with Crippen LogP contribution in [-0.2, 0) is 0 Å². The van der Waals surface area contributed by atoms with Gasteiger partial charge in [-0.05, 0) is 50.4 Å². The molecule has 88 valence electrons. The van der Waals surface area contributed by atoms with Gasteiger partial charge in [-0.15, -0.1) is 0 Å². The molecule has 0 saturated carbocycles. The molecule has 0 bridgehead atoms. The highest BCUT2D eigenvalue weighted by Crippen LogP contribution is 2.43. The summed E-state index contributed by atoms with van der Waals surface area (Å²) in [7, 11) is 0. The maximum atomic E-state index is 9.63. The number of aliphatic hydroxyl groups is 1. The third kappa shape index (κ3) is 3.34. The van der Waals surface area contributed by atoms with Crippen molar-refractivity contribution in [2.24, 2.45) is 11.3 Å². The number of allylic oxidation sites excluding steroid dienone is 2. The van der Waals surface area contributed by atoms with Gasteiger partial charge in [0.25, 0.3) is 0 Å². The van der Waals surface area contributed by atoms with Crippen molar-refractivity contribution in [3.63, 3.8) is 0 Å². The fraction of sp³-hybridized carbons (Fsp3) is 0.857. The summed E-state index contributed by atoms with van der Waals surface area (Å²) in [6, 6.07) is 0.